The first-order valence-corrected chi connectivity index (χ1v) is 14.8. The Hall–Kier alpha value is -2.96. The quantitative estimate of drug-likeness (QED) is 0.377. The monoisotopic (exact) mass is 605 g/mol. The van der Waals surface area contributed by atoms with Crippen molar-refractivity contribution in [2.24, 2.45) is 0 Å². The number of fused-ring (bicyclic) bond motifs is 4. The second-order valence-electron chi connectivity index (χ2n) is 12.1. The molecule has 4 aliphatic heterocycles. The van der Waals surface area contributed by atoms with Crippen LogP contribution in [0, 0.1) is 12.7 Å². The number of nitrogen functional groups attached to an aromatic ring is 1. The number of rotatable bonds is 5. The van der Waals surface area contributed by atoms with Crippen LogP contribution in [-0.4, -0.2) is 70.3 Å². The van der Waals surface area contributed by atoms with E-state index in [-0.39, 0.29) is 45.6 Å². The second kappa shape index (κ2) is 10.1. The van der Waals surface area contributed by atoms with Gasteiger partial charge in [-0.25, -0.2) is 9.37 Å². The molecule has 3 aromatic rings. The number of nitrogens with two attached hydrogens (primary N) is 1. The normalized spacial score (nSPS) is 23.6. The van der Waals surface area contributed by atoms with Crippen LogP contribution in [0.2, 0.25) is 5.02 Å². The molecule has 4 fully saturated rings. The van der Waals surface area contributed by atoms with Crippen molar-refractivity contribution < 1.29 is 22.3 Å². The van der Waals surface area contributed by atoms with E-state index in [9.17, 15) is 13.2 Å². The molecule has 2 unspecified atom stereocenters. The minimum absolute atomic E-state index is 0.00330. The highest BCUT2D eigenvalue weighted by Gasteiger charge is 2.45. The standard InChI is InChI=1S/C29H32ClF4N7O/c1-15-10-20(35)37-25(22(15)29(32,33)34)21-19(30)11-18-24(23(21)31)38-27(42-14-28-6-2-8-41(28)9-3-7-28)39-26(18)40-12-16-4-5-17(13-40)36-16/h10-11,16-17,36H,2-9,12-14H2,1H3,(H2,35,37). The zero-order chi connectivity index (χ0) is 29.4. The van der Waals surface area contributed by atoms with E-state index in [0.29, 0.717) is 30.9 Å². The van der Waals surface area contributed by atoms with E-state index in [1.807, 2.05) is 0 Å². The molecular weight excluding hydrogens is 574 g/mol. The van der Waals surface area contributed by atoms with Crippen molar-refractivity contribution in [2.75, 3.05) is 43.4 Å². The first-order valence-electron chi connectivity index (χ1n) is 14.5. The Kier molecular flexibility index (Phi) is 6.67. The van der Waals surface area contributed by atoms with Crippen molar-refractivity contribution in [2.45, 2.75) is 69.2 Å². The van der Waals surface area contributed by atoms with Crippen molar-refractivity contribution in [1.29, 1.82) is 0 Å². The molecule has 42 heavy (non-hydrogen) atoms. The molecule has 6 heterocycles. The van der Waals surface area contributed by atoms with Gasteiger partial charge >= 0.3 is 12.2 Å². The third kappa shape index (κ3) is 4.62. The number of ether oxygens (including phenoxy) is 1. The van der Waals surface area contributed by atoms with Crippen molar-refractivity contribution in [3.63, 3.8) is 0 Å². The minimum atomic E-state index is -4.82. The number of nitrogens with zero attached hydrogens (tertiary/aromatic N) is 5. The lowest BCUT2D eigenvalue weighted by molar-refractivity contribution is -0.137. The van der Waals surface area contributed by atoms with Crippen LogP contribution in [0.3, 0.4) is 0 Å². The molecule has 4 aliphatic rings. The van der Waals surface area contributed by atoms with Gasteiger partial charge in [0.2, 0.25) is 0 Å². The van der Waals surface area contributed by atoms with Crippen molar-refractivity contribution >= 4 is 34.1 Å². The molecule has 2 aromatic heterocycles. The van der Waals surface area contributed by atoms with Gasteiger partial charge in [0, 0.05) is 30.6 Å². The average molecular weight is 606 g/mol. The topological polar surface area (TPSA) is 92.4 Å². The number of anilines is 2. The molecule has 13 heteroatoms. The Balaban J connectivity index is 1.38. The molecule has 1 aromatic carbocycles. The number of nitrogens with one attached hydrogen (secondary N) is 1. The van der Waals surface area contributed by atoms with Crippen molar-refractivity contribution in [1.82, 2.24) is 25.2 Å². The summed E-state index contributed by atoms with van der Waals surface area (Å²) in [5, 5.41) is 3.66. The summed E-state index contributed by atoms with van der Waals surface area (Å²) in [4.78, 5) is 17.7. The Labute approximate surface area is 245 Å². The van der Waals surface area contributed by atoms with Crippen LogP contribution in [0.5, 0.6) is 6.01 Å². The number of piperazine rings is 1. The molecular formula is C29H32ClF4N7O. The molecule has 0 saturated carbocycles. The fourth-order valence-corrected chi connectivity index (χ4v) is 7.83. The van der Waals surface area contributed by atoms with Crippen LogP contribution in [0.1, 0.15) is 49.7 Å². The summed E-state index contributed by atoms with van der Waals surface area (Å²) in [5.74, 6) is -0.735. The Morgan fingerprint density at radius 1 is 1.10 bits per heavy atom. The minimum Gasteiger partial charge on any atom is -0.461 e. The lowest BCUT2D eigenvalue weighted by Gasteiger charge is -2.35. The molecule has 7 rings (SSSR count). The van der Waals surface area contributed by atoms with Crippen LogP contribution in [0.4, 0.5) is 29.2 Å². The van der Waals surface area contributed by atoms with Crippen LogP contribution >= 0.6 is 11.6 Å². The van der Waals surface area contributed by atoms with E-state index < -0.39 is 28.8 Å². The van der Waals surface area contributed by atoms with Crippen LogP contribution < -0.4 is 20.7 Å². The summed E-state index contributed by atoms with van der Waals surface area (Å²) in [5.41, 5.74) is 3.13. The second-order valence-corrected chi connectivity index (χ2v) is 12.5. The highest BCUT2D eigenvalue weighted by Crippen LogP contribution is 2.45. The number of hydrogen-bond acceptors (Lipinski definition) is 8. The van der Waals surface area contributed by atoms with E-state index in [0.717, 1.165) is 57.7 Å². The van der Waals surface area contributed by atoms with Gasteiger partial charge in [-0.1, -0.05) is 11.6 Å². The molecule has 0 amide bonds. The fourth-order valence-electron chi connectivity index (χ4n) is 7.55. The van der Waals surface area contributed by atoms with Crippen molar-refractivity contribution in [3.05, 3.63) is 34.1 Å². The maximum absolute atomic E-state index is 16.6. The molecule has 0 radical (unpaired) electrons. The van der Waals surface area contributed by atoms with Gasteiger partial charge in [-0.2, -0.15) is 23.1 Å². The van der Waals surface area contributed by atoms with E-state index in [2.05, 4.69) is 25.1 Å². The molecule has 4 saturated heterocycles. The third-order valence-electron chi connectivity index (χ3n) is 9.40. The number of halogens is 5. The summed E-state index contributed by atoms with van der Waals surface area (Å²) < 4.78 is 65.4. The molecule has 0 spiro atoms. The zero-order valence-corrected chi connectivity index (χ0v) is 24.0. The largest absolute Gasteiger partial charge is 0.461 e. The molecule has 0 aliphatic carbocycles. The summed E-state index contributed by atoms with van der Waals surface area (Å²) in [6.45, 7) is 4.95. The first-order chi connectivity index (χ1) is 20.0. The fraction of sp³-hybridized carbons (Fsp3) is 0.552. The molecule has 2 atom stereocenters. The van der Waals surface area contributed by atoms with E-state index in [1.165, 1.54) is 13.0 Å². The van der Waals surface area contributed by atoms with Crippen molar-refractivity contribution in [3.8, 4) is 17.3 Å². The summed E-state index contributed by atoms with van der Waals surface area (Å²) in [6.07, 6.45) is 1.40. The molecule has 8 nitrogen and oxygen atoms in total. The number of aryl methyl sites for hydroxylation is 1. The summed E-state index contributed by atoms with van der Waals surface area (Å²) in [7, 11) is 0. The lowest BCUT2D eigenvalue weighted by atomic mass is 9.95. The first kappa shape index (κ1) is 27.8. The molecule has 224 valence electrons. The highest BCUT2D eigenvalue weighted by atomic mass is 35.5. The highest BCUT2D eigenvalue weighted by molar-refractivity contribution is 6.34. The smallest absolute Gasteiger partial charge is 0.418 e. The number of benzene rings is 1. The number of hydrogen-bond donors (Lipinski definition) is 2. The maximum Gasteiger partial charge on any atom is 0.418 e. The van der Waals surface area contributed by atoms with Gasteiger partial charge in [-0.3, -0.25) is 4.90 Å². The van der Waals surface area contributed by atoms with Crippen LogP contribution in [-0.2, 0) is 6.18 Å². The predicted molar refractivity (Wildman–Crippen MR) is 152 cm³/mol. The molecule has 2 bridgehead atoms. The Morgan fingerprint density at radius 3 is 2.45 bits per heavy atom. The average Bonchev–Trinajstić information content (AvgIpc) is 3.59. The van der Waals surface area contributed by atoms with Gasteiger partial charge < -0.3 is 20.7 Å². The van der Waals surface area contributed by atoms with Crippen LogP contribution in [0.15, 0.2) is 12.1 Å². The predicted octanol–water partition coefficient (Wildman–Crippen LogP) is 5.34. The maximum atomic E-state index is 16.6. The number of alkyl halides is 3. The van der Waals surface area contributed by atoms with Gasteiger partial charge in [0.1, 0.15) is 23.8 Å². The summed E-state index contributed by atoms with van der Waals surface area (Å²) in [6, 6.07) is 3.06. The zero-order valence-electron chi connectivity index (χ0n) is 23.2. The van der Waals surface area contributed by atoms with Gasteiger partial charge in [0.15, 0.2) is 5.82 Å². The van der Waals surface area contributed by atoms with Gasteiger partial charge in [-0.15, -0.1) is 0 Å². The molecule has 3 N–H and O–H groups in total. The lowest BCUT2D eigenvalue weighted by Crippen LogP contribution is -2.51. The Bertz CT molecular complexity index is 1550. The number of pyridine rings is 1. The third-order valence-corrected chi connectivity index (χ3v) is 9.69. The van der Waals surface area contributed by atoms with Gasteiger partial charge in [0.05, 0.1) is 27.4 Å². The number of aromatic nitrogens is 3. The van der Waals surface area contributed by atoms with E-state index in [1.54, 1.807) is 0 Å². The van der Waals surface area contributed by atoms with E-state index in [4.69, 9.17) is 27.1 Å². The van der Waals surface area contributed by atoms with Crippen LogP contribution in [0.25, 0.3) is 22.2 Å². The summed E-state index contributed by atoms with van der Waals surface area (Å²) >= 11 is 6.59. The van der Waals surface area contributed by atoms with Gasteiger partial charge in [-0.05, 0) is 76.2 Å². The Morgan fingerprint density at radius 2 is 1.79 bits per heavy atom. The SMILES string of the molecule is Cc1cc(N)nc(-c2c(Cl)cc3c(N4CC5CCC(C4)N5)nc(OCC45CCCN4CCC5)nc3c2F)c1C(F)(F)F. The van der Waals surface area contributed by atoms with Gasteiger partial charge in [0.25, 0.3) is 0 Å². The van der Waals surface area contributed by atoms with E-state index >= 15 is 4.39 Å².